The van der Waals surface area contributed by atoms with E-state index < -0.39 is 0 Å². The van der Waals surface area contributed by atoms with E-state index in [1.54, 1.807) is 23.6 Å². The molecule has 4 nitrogen and oxygen atoms in total. The molecule has 1 aromatic heterocycles. The first-order valence-corrected chi connectivity index (χ1v) is 8.35. The summed E-state index contributed by atoms with van der Waals surface area (Å²) in [7, 11) is 0. The van der Waals surface area contributed by atoms with E-state index in [-0.39, 0.29) is 17.8 Å². The first kappa shape index (κ1) is 16.0. The van der Waals surface area contributed by atoms with E-state index in [0.29, 0.717) is 29.3 Å². The summed E-state index contributed by atoms with van der Waals surface area (Å²) in [6.45, 7) is 0.365. The van der Waals surface area contributed by atoms with Crippen LogP contribution in [0.15, 0.2) is 40.9 Å². The molecule has 120 valence electrons. The van der Waals surface area contributed by atoms with E-state index in [4.69, 9.17) is 16.4 Å². The van der Waals surface area contributed by atoms with Crippen LogP contribution in [0.25, 0.3) is 0 Å². The molecule has 0 fully saturated rings. The van der Waals surface area contributed by atoms with E-state index in [2.05, 4.69) is 10.5 Å². The van der Waals surface area contributed by atoms with Crippen molar-refractivity contribution in [2.24, 2.45) is 5.16 Å². The number of nitrogens with one attached hydrogen (secondary N) is 1. The van der Waals surface area contributed by atoms with Crippen LogP contribution in [0, 0.1) is 5.82 Å². The van der Waals surface area contributed by atoms with Gasteiger partial charge in [0.05, 0.1) is 17.3 Å². The summed E-state index contributed by atoms with van der Waals surface area (Å²) in [5.74, 6) is -0.466. The number of benzene rings is 1. The Bertz CT molecular complexity index is 730. The van der Waals surface area contributed by atoms with Crippen molar-refractivity contribution >= 4 is 34.6 Å². The van der Waals surface area contributed by atoms with Crippen molar-refractivity contribution in [3.63, 3.8) is 0 Å². The molecule has 0 saturated carbocycles. The molecule has 23 heavy (non-hydrogen) atoms. The number of nitrogens with zero attached hydrogens (tertiary/aromatic N) is 1. The molecule has 0 aliphatic carbocycles. The Balaban J connectivity index is 1.47. The van der Waals surface area contributed by atoms with Crippen molar-refractivity contribution in [2.45, 2.75) is 18.9 Å². The van der Waals surface area contributed by atoms with Crippen molar-refractivity contribution in [3.05, 3.63) is 57.0 Å². The molecular formula is C16H14ClFN2O2S. The van der Waals surface area contributed by atoms with Gasteiger partial charge in [-0.05, 0) is 29.1 Å². The zero-order chi connectivity index (χ0) is 16.2. The van der Waals surface area contributed by atoms with Crippen LogP contribution < -0.4 is 5.32 Å². The molecule has 2 aromatic rings. The Labute approximate surface area is 141 Å². The third-order valence-corrected chi connectivity index (χ3v) is 4.77. The van der Waals surface area contributed by atoms with Crippen LogP contribution in [0.1, 0.15) is 21.7 Å². The number of thiophene rings is 1. The molecule has 0 saturated heterocycles. The first-order chi connectivity index (χ1) is 11.1. The standard InChI is InChI=1S/C16H14ClFN2O2S/c17-14-5-6-23-15(14)16(21)19-9-13-8-12(20-22-13)7-10-1-3-11(18)4-2-10/h1-6,13H,7-9H2,(H,19,21)/t13-/m0/s1. The van der Waals surface area contributed by atoms with Crippen LogP contribution in [0.2, 0.25) is 5.02 Å². The molecule has 1 aliphatic rings. The zero-order valence-corrected chi connectivity index (χ0v) is 13.7. The third-order valence-electron chi connectivity index (χ3n) is 3.43. The lowest BCUT2D eigenvalue weighted by atomic mass is 10.0. The van der Waals surface area contributed by atoms with Crippen molar-refractivity contribution in [2.75, 3.05) is 6.54 Å². The fourth-order valence-electron chi connectivity index (χ4n) is 2.28. The number of carbonyl (C=O) groups is 1. The highest BCUT2D eigenvalue weighted by atomic mass is 35.5. The van der Waals surface area contributed by atoms with Crippen LogP contribution in [-0.4, -0.2) is 24.3 Å². The number of rotatable bonds is 5. The van der Waals surface area contributed by atoms with E-state index in [1.165, 1.54) is 23.5 Å². The summed E-state index contributed by atoms with van der Waals surface area (Å²) in [4.78, 5) is 17.8. The molecule has 1 aliphatic heterocycles. The van der Waals surface area contributed by atoms with Gasteiger partial charge < -0.3 is 10.2 Å². The lowest BCUT2D eigenvalue weighted by Gasteiger charge is -2.09. The van der Waals surface area contributed by atoms with Gasteiger partial charge in [-0.3, -0.25) is 4.79 Å². The van der Waals surface area contributed by atoms with E-state index in [0.717, 1.165) is 11.3 Å². The summed E-state index contributed by atoms with van der Waals surface area (Å²) >= 11 is 7.22. The minimum absolute atomic E-state index is 0.187. The summed E-state index contributed by atoms with van der Waals surface area (Å²) in [6, 6.07) is 8.00. The first-order valence-electron chi connectivity index (χ1n) is 7.09. The molecule has 1 aromatic carbocycles. The monoisotopic (exact) mass is 352 g/mol. The smallest absolute Gasteiger partial charge is 0.263 e. The molecule has 2 heterocycles. The number of halogens is 2. The Morgan fingerprint density at radius 2 is 2.17 bits per heavy atom. The summed E-state index contributed by atoms with van der Waals surface area (Å²) in [6.07, 6.45) is 1.06. The Kier molecular flexibility index (Phi) is 4.93. The highest BCUT2D eigenvalue weighted by molar-refractivity contribution is 7.12. The minimum Gasteiger partial charge on any atom is -0.390 e. The van der Waals surface area contributed by atoms with E-state index >= 15 is 0 Å². The average molecular weight is 353 g/mol. The van der Waals surface area contributed by atoms with Crippen molar-refractivity contribution in [1.82, 2.24) is 5.32 Å². The van der Waals surface area contributed by atoms with Gasteiger partial charge in [-0.2, -0.15) is 0 Å². The SMILES string of the molecule is O=C(NC[C@@H]1CC(Cc2ccc(F)cc2)=NO1)c1sccc1Cl. The number of hydrogen-bond acceptors (Lipinski definition) is 4. The summed E-state index contributed by atoms with van der Waals surface area (Å²) < 4.78 is 12.9. The summed E-state index contributed by atoms with van der Waals surface area (Å²) in [5.41, 5.74) is 1.86. The third kappa shape index (κ3) is 4.09. The number of hydrogen-bond donors (Lipinski definition) is 1. The number of amides is 1. The van der Waals surface area contributed by atoms with Gasteiger partial charge in [0, 0.05) is 12.8 Å². The predicted molar refractivity (Wildman–Crippen MR) is 88.7 cm³/mol. The van der Waals surface area contributed by atoms with Crippen LogP contribution in [0.4, 0.5) is 4.39 Å². The molecule has 0 bridgehead atoms. The second kappa shape index (κ2) is 7.10. The molecule has 3 rings (SSSR count). The quantitative estimate of drug-likeness (QED) is 0.892. The van der Waals surface area contributed by atoms with Crippen LogP contribution >= 0.6 is 22.9 Å². The van der Waals surface area contributed by atoms with Gasteiger partial charge in [-0.1, -0.05) is 28.9 Å². The fourth-order valence-corrected chi connectivity index (χ4v) is 3.34. The average Bonchev–Trinajstić information content (AvgIpc) is 3.16. The highest BCUT2D eigenvalue weighted by Gasteiger charge is 2.22. The Morgan fingerprint density at radius 1 is 1.39 bits per heavy atom. The predicted octanol–water partition coefficient (Wildman–Crippen LogP) is 3.66. The lowest BCUT2D eigenvalue weighted by Crippen LogP contribution is -2.32. The lowest BCUT2D eigenvalue weighted by molar-refractivity contribution is 0.0755. The molecule has 0 spiro atoms. The molecule has 0 radical (unpaired) electrons. The second-order valence-electron chi connectivity index (χ2n) is 5.20. The van der Waals surface area contributed by atoms with E-state index in [9.17, 15) is 9.18 Å². The van der Waals surface area contributed by atoms with Crippen molar-refractivity contribution in [3.8, 4) is 0 Å². The zero-order valence-electron chi connectivity index (χ0n) is 12.1. The molecule has 1 atom stereocenters. The second-order valence-corrected chi connectivity index (χ2v) is 6.52. The van der Waals surface area contributed by atoms with Gasteiger partial charge in [0.25, 0.3) is 5.91 Å². The Morgan fingerprint density at radius 3 is 2.87 bits per heavy atom. The molecule has 1 amide bonds. The van der Waals surface area contributed by atoms with Crippen molar-refractivity contribution < 1.29 is 14.0 Å². The van der Waals surface area contributed by atoms with Crippen LogP contribution in [0.3, 0.4) is 0 Å². The number of oxime groups is 1. The van der Waals surface area contributed by atoms with Gasteiger partial charge in [-0.15, -0.1) is 11.3 Å². The Hall–Kier alpha value is -1.92. The summed E-state index contributed by atoms with van der Waals surface area (Å²) in [5, 5.41) is 9.06. The van der Waals surface area contributed by atoms with Gasteiger partial charge in [0.2, 0.25) is 0 Å². The largest absolute Gasteiger partial charge is 0.390 e. The molecule has 7 heteroatoms. The number of carbonyl (C=O) groups excluding carboxylic acids is 1. The van der Waals surface area contributed by atoms with Gasteiger partial charge >= 0.3 is 0 Å². The molecular weight excluding hydrogens is 339 g/mol. The maximum absolute atomic E-state index is 12.9. The molecule has 1 N–H and O–H groups in total. The molecule has 0 unspecified atom stereocenters. The van der Waals surface area contributed by atoms with Crippen LogP contribution in [0.5, 0.6) is 0 Å². The topological polar surface area (TPSA) is 50.7 Å². The van der Waals surface area contributed by atoms with Crippen molar-refractivity contribution in [1.29, 1.82) is 0 Å². The minimum atomic E-state index is -0.258. The maximum Gasteiger partial charge on any atom is 0.263 e. The van der Waals surface area contributed by atoms with Gasteiger partial charge in [0.1, 0.15) is 16.8 Å². The normalized spacial score (nSPS) is 16.8. The van der Waals surface area contributed by atoms with E-state index in [1.807, 2.05) is 0 Å². The van der Waals surface area contributed by atoms with Crippen LogP contribution in [-0.2, 0) is 11.3 Å². The van der Waals surface area contributed by atoms with Gasteiger partial charge in [0.15, 0.2) is 0 Å². The fraction of sp³-hybridized carbons (Fsp3) is 0.250. The highest BCUT2D eigenvalue weighted by Crippen LogP contribution is 2.22. The maximum atomic E-state index is 12.9. The van der Waals surface area contributed by atoms with Gasteiger partial charge in [-0.25, -0.2) is 4.39 Å².